The number of thiophene rings is 1. The highest BCUT2D eigenvalue weighted by Gasteiger charge is 2.45. The summed E-state index contributed by atoms with van der Waals surface area (Å²) in [6.45, 7) is 6.02. The lowest BCUT2D eigenvalue weighted by Crippen LogP contribution is -2.59. The second-order valence-electron chi connectivity index (χ2n) is 12.2. The van der Waals surface area contributed by atoms with Gasteiger partial charge in [0.05, 0.1) is 18.4 Å². The molecule has 11 nitrogen and oxygen atoms in total. The molecule has 3 N–H and O–H groups in total. The third-order valence-corrected chi connectivity index (χ3v) is 10.4. The summed E-state index contributed by atoms with van der Waals surface area (Å²) in [4.78, 5) is 59.2. The zero-order valence-corrected chi connectivity index (χ0v) is 27.1. The van der Waals surface area contributed by atoms with Crippen LogP contribution in [0.2, 0.25) is 0 Å². The number of anilines is 1. The van der Waals surface area contributed by atoms with Crippen molar-refractivity contribution in [2.75, 3.05) is 11.4 Å². The molecule has 4 heterocycles. The van der Waals surface area contributed by atoms with Crippen LogP contribution in [-0.2, 0) is 45.0 Å². The normalized spacial score (nSPS) is 18.5. The summed E-state index contributed by atoms with van der Waals surface area (Å²) in [5.74, 6) is -1.29. The molecule has 4 amide bonds. The van der Waals surface area contributed by atoms with E-state index < -0.39 is 18.1 Å². The van der Waals surface area contributed by atoms with E-state index in [0.29, 0.717) is 44.3 Å². The highest BCUT2D eigenvalue weighted by molar-refractivity contribution is 7.19. The van der Waals surface area contributed by atoms with Crippen molar-refractivity contribution in [3.05, 3.63) is 76.4 Å². The first-order valence-electron chi connectivity index (χ1n) is 15.9. The van der Waals surface area contributed by atoms with Crippen LogP contribution in [0.5, 0.6) is 0 Å². The second-order valence-corrected chi connectivity index (χ2v) is 13.3. The fourth-order valence-corrected chi connectivity index (χ4v) is 7.70. The van der Waals surface area contributed by atoms with Crippen molar-refractivity contribution < 1.29 is 19.2 Å². The Bertz CT molecular complexity index is 1720. The molecular formula is C34H39N7O4S. The maximum absolute atomic E-state index is 14.2. The molecule has 2 aromatic carbocycles. The predicted octanol–water partition coefficient (Wildman–Crippen LogP) is 3.53. The summed E-state index contributed by atoms with van der Waals surface area (Å²) in [5, 5.41) is 17.4. The Balaban J connectivity index is 1.21. The molecular weight excluding hydrogens is 602 g/mol. The number of para-hydroxylation sites is 1. The molecule has 2 aliphatic heterocycles. The third-order valence-electron chi connectivity index (χ3n) is 9.20. The van der Waals surface area contributed by atoms with E-state index in [4.69, 9.17) is 0 Å². The van der Waals surface area contributed by atoms with Gasteiger partial charge < -0.3 is 15.5 Å². The van der Waals surface area contributed by atoms with Crippen LogP contribution in [0.3, 0.4) is 0 Å². The molecule has 0 spiro atoms. The average Bonchev–Trinajstić information content (AvgIpc) is 3.79. The molecule has 4 aromatic rings. The van der Waals surface area contributed by atoms with Gasteiger partial charge in [-0.05, 0) is 53.8 Å². The van der Waals surface area contributed by atoms with E-state index in [1.165, 1.54) is 17.8 Å². The van der Waals surface area contributed by atoms with E-state index in [2.05, 4.69) is 44.2 Å². The Hall–Kier alpha value is -4.58. The number of carbonyl (C=O) groups is 4. The molecule has 2 aliphatic rings. The van der Waals surface area contributed by atoms with Crippen molar-refractivity contribution in [1.29, 1.82) is 0 Å². The number of aromatic amines is 1. The van der Waals surface area contributed by atoms with Crippen LogP contribution in [0, 0.1) is 5.92 Å². The summed E-state index contributed by atoms with van der Waals surface area (Å²) < 4.78 is 1.19. The van der Waals surface area contributed by atoms with Crippen LogP contribution in [0.4, 0.5) is 5.69 Å². The molecule has 12 heteroatoms. The molecule has 4 atom stereocenters. The number of aromatic nitrogens is 3. The Morgan fingerprint density at radius 2 is 1.96 bits per heavy atom. The topological polar surface area (TPSA) is 140 Å². The number of hydrogen-bond donors (Lipinski definition) is 3. The molecule has 0 saturated heterocycles. The average molecular weight is 642 g/mol. The summed E-state index contributed by atoms with van der Waals surface area (Å²) in [7, 11) is 0. The molecule has 0 saturated carbocycles. The van der Waals surface area contributed by atoms with Crippen LogP contribution >= 0.6 is 11.3 Å². The number of H-pyrrole nitrogens is 1. The summed E-state index contributed by atoms with van der Waals surface area (Å²) in [6.07, 6.45) is 4.17. The zero-order chi connectivity index (χ0) is 32.4. The minimum atomic E-state index is -0.848. The highest BCUT2D eigenvalue weighted by atomic mass is 32.1. The molecule has 0 aliphatic carbocycles. The van der Waals surface area contributed by atoms with Crippen LogP contribution in [0.15, 0.2) is 54.7 Å². The van der Waals surface area contributed by atoms with Gasteiger partial charge in [0, 0.05) is 29.5 Å². The maximum atomic E-state index is 14.2. The Morgan fingerprint density at radius 1 is 1.15 bits per heavy atom. The van der Waals surface area contributed by atoms with E-state index in [-0.39, 0.29) is 36.1 Å². The molecule has 0 unspecified atom stereocenters. The van der Waals surface area contributed by atoms with E-state index in [9.17, 15) is 19.2 Å². The molecule has 6 rings (SSSR count). The number of nitrogens with one attached hydrogen (secondary N) is 3. The maximum Gasteiger partial charge on any atom is 0.250 e. The number of rotatable bonds is 11. The second kappa shape index (κ2) is 13.4. The number of hydrogen-bond acceptors (Lipinski definition) is 7. The van der Waals surface area contributed by atoms with Gasteiger partial charge >= 0.3 is 0 Å². The van der Waals surface area contributed by atoms with E-state index >= 15 is 0 Å². The standard InChI is InChI=1S/C34H39N7O4S/c1-4-20(2)30(40(21(3)42)15-14-26-16-23-8-5-6-11-29(23)46-26)33(44)37-27-13-12-22-9-7-10-24-17-28(41(31(22)24)34(27)45)32(43)35-18-25-19-36-39-38-25/h5-11,16,19-20,27-28,30H,4,12-15,17-18H2,1-3H3,(H,35,43)(H,37,44)(H,36,38,39)/t20-,27-,28-,30-/m0/s1. The number of fused-ring (bicyclic) bond motifs is 1. The largest absolute Gasteiger partial charge is 0.348 e. The minimum absolute atomic E-state index is 0.141. The summed E-state index contributed by atoms with van der Waals surface area (Å²) in [5.41, 5.74) is 3.25. The minimum Gasteiger partial charge on any atom is -0.348 e. The van der Waals surface area contributed by atoms with Gasteiger partial charge in [-0.1, -0.05) is 56.7 Å². The van der Waals surface area contributed by atoms with Gasteiger partial charge in [0.1, 0.15) is 23.8 Å². The van der Waals surface area contributed by atoms with Gasteiger partial charge in [-0.3, -0.25) is 24.1 Å². The first-order chi connectivity index (χ1) is 22.2. The third kappa shape index (κ3) is 6.26. The van der Waals surface area contributed by atoms with Gasteiger partial charge in [-0.25, -0.2) is 0 Å². The fourth-order valence-electron chi connectivity index (χ4n) is 6.65. The summed E-state index contributed by atoms with van der Waals surface area (Å²) in [6, 6.07) is 13.8. The van der Waals surface area contributed by atoms with Crippen molar-refractivity contribution in [2.45, 2.75) is 77.5 Å². The first-order valence-corrected chi connectivity index (χ1v) is 16.7. The van der Waals surface area contributed by atoms with Crippen molar-refractivity contribution in [3.8, 4) is 0 Å². The lowest BCUT2D eigenvalue weighted by molar-refractivity contribution is -0.142. The first kappa shape index (κ1) is 31.4. The molecule has 2 aromatic heterocycles. The van der Waals surface area contributed by atoms with E-state index in [1.54, 1.807) is 21.1 Å². The van der Waals surface area contributed by atoms with E-state index in [0.717, 1.165) is 27.1 Å². The number of benzene rings is 2. The van der Waals surface area contributed by atoms with E-state index in [1.807, 2.05) is 44.2 Å². The molecule has 0 radical (unpaired) electrons. The Labute approximate surface area is 271 Å². The van der Waals surface area contributed by atoms with Crippen molar-refractivity contribution >= 4 is 50.7 Å². The SMILES string of the molecule is CC[C@H](C)[C@@H](C(=O)N[C@H]1CCc2cccc3c2N(C1=O)[C@H](C(=O)NCc1cn[nH]n1)C3)N(CCc1cc2ccccc2s1)C(C)=O. The lowest BCUT2D eigenvalue weighted by atomic mass is 9.95. The van der Waals surface area contributed by atoms with Gasteiger partial charge in [-0.15, -0.1) is 11.3 Å². The molecule has 46 heavy (non-hydrogen) atoms. The predicted molar refractivity (Wildman–Crippen MR) is 176 cm³/mol. The van der Waals surface area contributed by atoms with Crippen LogP contribution in [-0.4, -0.2) is 68.6 Å². The van der Waals surface area contributed by atoms with Gasteiger partial charge in [0.15, 0.2) is 0 Å². The Morgan fingerprint density at radius 3 is 2.70 bits per heavy atom. The van der Waals surface area contributed by atoms with Crippen LogP contribution in [0.1, 0.15) is 55.3 Å². The van der Waals surface area contributed by atoms with Crippen LogP contribution < -0.4 is 15.5 Å². The molecule has 240 valence electrons. The Kier molecular flexibility index (Phi) is 9.16. The number of amides is 4. The van der Waals surface area contributed by atoms with Gasteiger partial charge in [0.25, 0.3) is 0 Å². The fraction of sp³-hybridized carbons (Fsp3) is 0.412. The number of aryl methyl sites for hydroxylation is 1. The van der Waals surface area contributed by atoms with Crippen molar-refractivity contribution in [2.24, 2.45) is 5.92 Å². The highest BCUT2D eigenvalue weighted by Crippen LogP contribution is 2.39. The number of nitrogens with zero attached hydrogens (tertiary/aromatic N) is 4. The van der Waals surface area contributed by atoms with Gasteiger partial charge in [-0.2, -0.15) is 15.4 Å². The quantitative estimate of drug-likeness (QED) is 0.229. The lowest BCUT2D eigenvalue weighted by Gasteiger charge is -2.35. The monoisotopic (exact) mass is 641 g/mol. The van der Waals surface area contributed by atoms with Gasteiger partial charge in [0.2, 0.25) is 23.6 Å². The van der Waals surface area contributed by atoms with Crippen molar-refractivity contribution in [1.82, 2.24) is 30.9 Å². The smallest absolute Gasteiger partial charge is 0.250 e. The number of carbonyl (C=O) groups excluding carboxylic acids is 4. The van der Waals surface area contributed by atoms with Crippen LogP contribution in [0.25, 0.3) is 10.1 Å². The molecule has 0 fully saturated rings. The summed E-state index contributed by atoms with van der Waals surface area (Å²) >= 11 is 1.69. The zero-order valence-electron chi connectivity index (χ0n) is 26.3. The van der Waals surface area contributed by atoms with Crippen molar-refractivity contribution in [3.63, 3.8) is 0 Å². The molecule has 0 bridgehead atoms.